The number of aryl methyl sites for hydroxylation is 1. The van der Waals surface area contributed by atoms with E-state index in [4.69, 9.17) is 16.9 Å². The fraction of sp³-hybridized carbons (Fsp3) is 0.0714. The number of halogens is 2. The molecule has 0 radical (unpaired) electrons. The van der Waals surface area contributed by atoms with E-state index in [1.807, 2.05) is 6.07 Å². The third-order valence-electron chi connectivity index (χ3n) is 2.77. The second-order valence-corrected chi connectivity index (χ2v) is 7.26. The Morgan fingerprint density at radius 2 is 1.95 bits per heavy atom. The Hall–Kier alpha value is -1.55. The van der Waals surface area contributed by atoms with Crippen molar-refractivity contribution >= 4 is 43.2 Å². The molecule has 7 heteroatoms. The zero-order valence-corrected chi connectivity index (χ0v) is 14.1. The summed E-state index contributed by atoms with van der Waals surface area (Å²) in [4.78, 5) is 0.119. The highest BCUT2D eigenvalue weighted by molar-refractivity contribution is 9.10. The number of hydrogen-bond donors (Lipinski definition) is 1. The van der Waals surface area contributed by atoms with E-state index in [0.717, 1.165) is 0 Å². The Kier molecular flexibility index (Phi) is 4.57. The van der Waals surface area contributed by atoms with Crippen LogP contribution in [0.4, 0.5) is 5.69 Å². The van der Waals surface area contributed by atoms with E-state index in [0.29, 0.717) is 26.3 Å². The van der Waals surface area contributed by atoms with Gasteiger partial charge in [-0.3, -0.25) is 4.72 Å². The number of hydrogen-bond acceptors (Lipinski definition) is 3. The zero-order valence-electron chi connectivity index (χ0n) is 10.9. The Morgan fingerprint density at radius 3 is 2.57 bits per heavy atom. The maximum absolute atomic E-state index is 12.4. The van der Waals surface area contributed by atoms with Gasteiger partial charge in [-0.2, -0.15) is 5.26 Å². The van der Waals surface area contributed by atoms with Gasteiger partial charge in [0.15, 0.2) is 0 Å². The number of nitrogens with zero attached hydrogens (tertiary/aromatic N) is 1. The monoisotopic (exact) mass is 384 g/mol. The van der Waals surface area contributed by atoms with Crippen molar-refractivity contribution in [2.24, 2.45) is 0 Å². The number of sulfonamides is 1. The van der Waals surface area contributed by atoms with Crippen LogP contribution >= 0.6 is 27.5 Å². The maximum atomic E-state index is 12.4. The second kappa shape index (κ2) is 6.06. The van der Waals surface area contributed by atoms with Crippen molar-refractivity contribution in [3.8, 4) is 6.07 Å². The smallest absolute Gasteiger partial charge is 0.262 e. The van der Waals surface area contributed by atoms with Gasteiger partial charge in [0.25, 0.3) is 10.0 Å². The molecule has 0 saturated carbocycles. The molecule has 0 heterocycles. The number of rotatable bonds is 3. The van der Waals surface area contributed by atoms with Gasteiger partial charge in [-0.15, -0.1) is 0 Å². The van der Waals surface area contributed by atoms with Gasteiger partial charge >= 0.3 is 0 Å². The molecule has 0 aliphatic heterocycles. The van der Waals surface area contributed by atoms with E-state index < -0.39 is 10.0 Å². The quantitative estimate of drug-likeness (QED) is 0.865. The molecule has 0 aliphatic rings. The lowest BCUT2D eigenvalue weighted by atomic mass is 10.2. The SMILES string of the molecule is Cc1cc(C#N)ccc1S(=O)(=O)Nc1cc(Cl)ccc1Br. The van der Waals surface area contributed by atoms with Gasteiger partial charge in [0.2, 0.25) is 0 Å². The maximum Gasteiger partial charge on any atom is 0.262 e. The van der Waals surface area contributed by atoms with Crippen molar-refractivity contribution in [3.05, 3.63) is 57.0 Å². The first-order valence-corrected chi connectivity index (χ1v) is 8.47. The number of anilines is 1. The molecule has 108 valence electrons. The predicted octanol–water partition coefficient (Wildman–Crippen LogP) is 4.08. The van der Waals surface area contributed by atoms with Crippen LogP contribution in [0.15, 0.2) is 45.8 Å². The molecule has 0 atom stereocenters. The van der Waals surface area contributed by atoms with Crippen LogP contribution in [0.5, 0.6) is 0 Å². The highest BCUT2D eigenvalue weighted by Crippen LogP contribution is 2.28. The minimum absolute atomic E-state index is 0.119. The van der Waals surface area contributed by atoms with Gasteiger partial charge in [-0.25, -0.2) is 8.42 Å². The van der Waals surface area contributed by atoms with Crippen LogP contribution in [-0.4, -0.2) is 8.42 Å². The highest BCUT2D eigenvalue weighted by atomic mass is 79.9. The molecule has 0 bridgehead atoms. The van der Waals surface area contributed by atoms with E-state index in [-0.39, 0.29) is 4.90 Å². The van der Waals surface area contributed by atoms with E-state index >= 15 is 0 Å². The van der Waals surface area contributed by atoms with Crippen molar-refractivity contribution in [1.82, 2.24) is 0 Å². The third-order valence-corrected chi connectivity index (χ3v) is 5.22. The lowest BCUT2D eigenvalue weighted by Gasteiger charge is -2.12. The third kappa shape index (κ3) is 3.56. The molecule has 0 aromatic heterocycles. The van der Waals surface area contributed by atoms with Crippen LogP contribution in [-0.2, 0) is 10.0 Å². The van der Waals surface area contributed by atoms with E-state index in [1.54, 1.807) is 19.1 Å². The molecule has 0 amide bonds. The summed E-state index contributed by atoms with van der Waals surface area (Å²) in [6.07, 6.45) is 0. The van der Waals surface area contributed by atoms with Crippen molar-refractivity contribution in [1.29, 1.82) is 5.26 Å². The lowest BCUT2D eigenvalue weighted by Crippen LogP contribution is -2.14. The summed E-state index contributed by atoms with van der Waals surface area (Å²) < 4.78 is 27.9. The normalized spacial score (nSPS) is 11.0. The largest absolute Gasteiger partial charge is 0.278 e. The second-order valence-electron chi connectivity index (χ2n) is 4.32. The van der Waals surface area contributed by atoms with Crippen LogP contribution in [0.3, 0.4) is 0 Å². The predicted molar refractivity (Wildman–Crippen MR) is 85.9 cm³/mol. The highest BCUT2D eigenvalue weighted by Gasteiger charge is 2.18. The topological polar surface area (TPSA) is 70.0 Å². The molecule has 0 saturated heterocycles. The van der Waals surface area contributed by atoms with Crippen molar-refractivity contribution in [2.75, 3.05) is 4.72 Å². The summed E-state index contributed by atoms with van der Waals surface area (Å²) in [5.41, 5.74) is 1.27. The fourth-order valence-corrected chi connectivity index (χ4v) is 3.74. The number of nitrogens with one attached hydrogen (secondary N) is 1. The molecule has 0 aliphatic carbocycles. The van der Waals surface area contributed by atoms with Gasteiger partial charge in [0, 0.05) is 9.50 Å². The molecule has 0 spiro atoms. The number of nitriles is 1. The molecule has 0 fully saturated rings. The summed E-state index contributed by atoms with van der Waals surface area (Å²) in [6, 6.07) is 11.2. The summed E-state index contributed by atoms with van der Waals surface area (Å²) in [5.74, 6) is 0. The fourth-order valence-electron chi connectivity index (χ4n) is 1.80. The first kappa shape index (κ1) is 15.8. The molecule has 2 aromatic carbocycles. The van der Waals surface area contributed by atoms with Crippen molar-refractivity contribution < 1.29 is 8.42 Å². The standard InChI is InChI=1S/C14H10BrClN2O2S/c1-9-6-10(8-17)2-5-14(9)21(19,20)18-13-7-11(16)3-4-12(13)15/h2-7,18H,1H3. The average molecular weight is 386 g/mol. The first-order chi connectivity index (χ1) is 9.83. The summed E-state index contributed by atoms with van der Waals surface area (Å²) in [7, 11) is -3.76. The molecular weight excluding hydrogens is 376 g/mol. The molecule has 2 rings (SSSR count). The van der Waals surface area contributed by atoms with Crippen molar-refractivity contribution in [2.45, 2.75) is 11.8 Å². The lowest BCUT2D eigenvalue weighted by molar-refractivity contribution is 0.600. The van der Waals surface area contributed by atoms with Crippen LogP contribution in [0.2, 0.25) is 5.02 Å². The van der Waals surface area contributed by atoms with Gasteiger partial charge < -0.3 is 0 Å². The Bertz CT molecular complexity index is 845. The average Bonchev–Trinajstić information content (AvgIpc) is 2.42. The Morgan fingerprint density at radius 1 is 1.24 bits per heavy atom. The van der Waals surface area contributed by atoms with Gasteiger partial charge in [-0.05, 0) is 64.8 Å². The minimum atomic E-state index is -3.76. The van der Waals surface area contributed by atoms with Crippen LogP contribution < -0.4 is 4.72 Å². The Balaban J connectivity index is 2.44. The van der Waals surface area contributed by atoms with Crippen LogP contribution in [0.1, 0.15) is 11.1 Å². The molecule has 0 unspecified atom stereocenters. The molecule has 21 heavy (non-hydrogen) atoms. The van der Waals surface area contributed by atoms with E-state index in [9.17, 15) is 8.42 Å². The van der Waals surface area contributed by atoms with Crippen LogP contribution in [0.25, 0.3) is 0 Å². The van der Waals surface area contributed by atoms with E-state index in [2.05, 4.69) is 20.7 Å². The van der Waals surface area contributed by atoms with E-state index in [1.165, 1.54) is 24.3 Å². The first-order valence-electron chi connectivity index (χ1n) is 5.82. The summed E-state index contributed by atoms with van der Waals surface area (Å²) in [6.45, 7) is 1.64. The number of benzene rings is 2. The van der Waals surface area contributed by atoms with Crippen molar-refractivity contribution in [3.63, 3.8) is 0 Å². The molecular formula is C14H10BrClN2O2S. The van der Waals surface area contributed by atoms with Gasteiger partial charge in [-0.1, -0.05) is 11.6 Å². The summed E-state index contributed by atoms with van der Waals surface area (Å²) >= 11 is 9.14. The molecule has 2 aromatic rings. The Labute approximate surface area is 136 Å². The molecule has 4 nitrogen and oxygen atoms in total. The minimum Gasteiger partial charge on any atom is -0.278 e. The summed E-state index contributed by atoms with van der Waals surface area (Å²) in [5, 5.41) is 9.25. The zero-order chi connectivity index (χ0) is 15.6. The van der Waals surface area contributed by atoms with Gasteiger partial charge in [0.05, 0.1) is 22.2 Å². The van der Waals surface area contributed by atoms with Gasteiger partial charge in [0.1, 0.15) is 0 Å². The molecule has 1 N–H and O–H groups in total. The van der Waals surface area contributed by atoms with Crippen LogP contribution in [0, 0.1) is 18.3 Å².